The van der Waals surface area contributed by atoms with Gasteiger partial charge < -0.3 is 14.7 Å². The molecule has 34 heavy (non-hydrogen) atoms. The molecular weight excluding hydrogens is 457 g/mol. The number of fused-ring (bicyclic) bond motifs is 1. The van der Waals surface area contributed by atoms with Gasteiger partial charge in [-0.1, -0.05) is 41.9 Å². The molecule has 1 aliphatic rings. The lowest BCUT2D eigenvalue weighted by molar-refractivity contribution is -0.137. The van der Waals surface area contributed by atoms with Crippen LogP contribution in [-0.4, -0.2) is 34.0 Å². The van der Waals surface area contributed by atoms with Gasteiger partial charge in [-0.25, -0.2) is 4.39 Å². The lowest BCUT2D eigenvalue weighted by atomic mass is 9.86. The Kier molecular flexibility index (Phi) is 6.89. The molecule has 0 unspecified atom stereocenters. The molecule has 1 aliphatic heterocycles. The summed E-state index contributed by atoms with van der Waals surface area (Å²) in [6.07, 6.45) is 2.11. The van der Waals surface area contributed by atoms with Gasteiger partial charge in [0.05, 0.1) is 0 Å². The van der Waals surface area contributed by atoms with Crippen LogP contribution in [0.5, 0.6) is 5.75 Å². The van der Waals surface area contributed by atoms with E-state index in [9.17, 15) is 19.1 Å². The summed E-state index contributed by atoms with van der Waals surface area (Å²) in [5.41, 5.74) is 2.36. The van der Waals surface area contributed by atoms with Crippen molar-refractivity contribution in [3.63, 3.8) is 0 Å². The van der Waals surface area contributed by atoms with Gasteiger partial charge in [-0.15, -0.1) is 0 Å². The molecule has 0 aromatic heterocycles. The minimum atomic E-state index is -1.14. The highest BCUT2D eigenvalue weighted by molar-refractivity contribution is 6.31. The Bertz CT molecular complexity index is 1230. The maximum Gasteiger partial charge on any atom is 0.323 e. The molecule has 1 heterocycles. The summed E-state index contributed by atoms with van der Waals surface area (Å²) in [6, 6.07) is 18.6. The highest BCUT2D eigenvalue weighted by atomic mass is 35.5. The number of nitrogens with zero attached hydrogens (tertiary/aromatic N) is 1. The van der Waals surface area contributed by atoms with Crippen molar-refractivity contribution in [1.82, 2.24) is 4.90 Å². The predicted molar refractivity (Wildman–Crippen MR) is 128 cm³/mol. The van der Waals surface area contributed by atoms with E-state index >= 15 is 0 Å². The fourth-order valence-electron chi connectivity index (χ4n) is 4.29. The number of carboxylic acids is 1. The second-order valence-corrected chi connectivity index (χ2v) is 9.23. The third-order valence-corrected chi connectivity index (χ3v) is 6.35. The van der Waals surface area contributed by atoms with Crippen LogP contribution >= 0.6 is 11.6 Å². The first-order chi connectivity index (χ1) is 16.2. The summed E-state index contributed by atoms with van der Waals surface area (Å²) in [5.74, 6) is -1.31. The maximum atomic E-state index is 13.6. The van der Waals surface area contributed by atoms with Crippen LogP contribution in [-0.2, 0) is 24.2 Å². The lowest BCUT2D eigenvalue weighted by Gasteiger charge is -2.36. The molecule has 7 heteroatoms. The number of carboxylic acid groups (broad SMARTS) is 1. The Hall–Kier alpha value is -3.38. The Labute approximate surface area is 202 Å². The predicted octanol–water partition coefficient (Wildman–Crippen LogP) is 5.53. The largest absolute Gasteiger partial charge is 0.487 e. The van der Waals surface area contributed by atoms with Crippen molar-refractivity contribution in [3.05, 3.63) is 99.8 Å². The normalized spacial score (nSPS) is 16.9. The highest BCUT2D eigenvalue weighted by Crippen LogP contribution is 2.37. The molecule has 0 aliphatic carbocycles. The van der Waals surface area contributed by atoms with E-state index in [2.05, 4.69) is 0 Å². The fraction of sp³-hybridized carbons (Fsp3) is 0.259. The first-order valence-corrected chi connectivity index (χ1v) is 11.4. The first-order valence-electron chi connectivity index (χ1n) is 11.0. The van der Waals surface area contributed by atoms with Crippen molar-refractivity contribution in [1.29, 1.82) is 0 Å². The van der Waals surface area contributed by atoms with Crippen molar-refractivity contribution in [2.24, 2.45) is 0 Å². The quantitative estimate of drug-likeness (QED) is 0.481. The average molecular weight is 482 g/mol. The summed E-state index contributed by atoms with van der Waals surface area (Å²) >= 11 is 6.33. The van der Waals surface area contributed by atoms with E-state index < -0.39 is 29.8 Å². The Morgan fingerprint density at radius 3 is 2.65 bits per heavy atom. The SMILES string of the molecule is C[C@@]1(Cc2ccccc2Cl)CCc2cc(C(=O)N(CC(=O)O)Cc3cccc(F)c3)ccc2O1. The number of rotatable bonds is 7. The molecule has 1 atom stereocenters. The van der Waals surface area contributed by atoms with Crippen LogP contribution in [0.4, 0.5) is 4.39 Å². The molecule has 0 radical (unpaired) electrons. The molecule has 0 saturated carbocycles. The minimum Gasteiger partial charge on any atom is -0.487 e. The maximum absolute atomic E-state index is 13.6. The summed E-state index contributed by atoms with van der Waals surface area (Å²) < 4.78 is 19.9. The Balaban J connectivity index is 1.53. The van der Waals surface area contributed by atoms with Crippen LogP contribution in [0.3, 0.4) is 0 Å². The van der Waals surface area contributed by atoms with Gasteiger partial charge in [-0.3, -0.25) is 9.59 Å². The van der Waals surface area contributed by atoms with E-state index in [1.807, 2.05) is 31.2 Å². The number of carbonyl (C=O) groups is 2. The standard InChI is InChI=1S/C27H25ClFNO4/c1-27(15-21-6-2-3-8-23(21)28)12-11-19-14-20(9-10-24(19)34-27)26(33)30(17-25(31)32)16-18-5-4-7-22(29)13-18/h2-10,13-14H,11-12,15-17H2,1H3,(H,31,32)/t27-/m0/s1. The molecule has 1 N–H and O–H groups in total. The second-order valence-electron chi connectivity index (χ2n) is 8.83. The van der Waals surface area contributed by atoms with Gasteiger partial charge in [0.2, 0.25) is 0 Å². The Morgan fingerprint density at radius 2 is 1.91 bits per heavy atom. The molecule has 3 aromatic rings. The van der Waals surface area contributed by atoms with Crippen LogP contribution in [0.15, 0.2) is 66.7 Å². The van der Waals surface area contributed by atoms with Gasteiger partial charge in [-0.05, 0) is 72.9 Å². The lowest BCUT2D eigenvalue weighted by Crippen LogP contribution is -2.39. The molecular formula is C27H25ClFNO4. The van der Waals surface area contributed by atoms with Crippen LogP contribution in [0.1, 0.15) is 40.4 Å². The number of ether oxygens (including phenoxy) is 1. The average Bonchev–Trinajstić information content (AvgIpc) is 2.79. The molecule has 5 nitrogen and oxygen atoms in total. The number of hydrogen-bond donors (Lipinski definition) is 1. The number of aliphatic carboxylic acids is 1. The van der Waals surface area contributed by atoms with Gasteiger partial charge in [0.25, 0.3) is 5.91 Å². The van der Waals surface area contributed by atoms with Crippen LogP contribution < -0.4 is 4.74 Å². The zero-order valence-corrected chi connectivity index (χ0v) is 19.5. The number of halogens is 2. The van der Waals surface area contributed by atoms with Crippen molar-refractivity contribution < 1.29 is 23.8 Å². The fourth-order valence-corrected chi connectivity index (χ4v) is 4.50. The van der Waals surface area contributed by atoms with E-state index in [1.165, 1.54) is 23.1 Å². The number of hydrogen-bond acceptors (Lipinski definition) is 3. The van der Waals surface area contributed by atoms with Crippen LogP contribution in [0.2, 0.25) is 5.02 Å². The van der Waals surface area contributed by atoms with Gasteiger partial charge in [-0.2, -0.15) is 0 Å². The van der Waals surface area contributed by atoms with Crippen molar-refractivity contribution >= 4 is 23.5 Å². The molecule has 4 rings (SSSR count). The molecule has 0 saturated heterocycles. The number of benzene rings is 3. The van der Waals surface area contributed by atoms with Crippen LogP contribution in [0.25, 0.3) is 0 Å². The second kappa shape index (κ2) is 9.85. The van der Waals surface area contributed by atoms with Crippen molar-refractivity contribution in [3.8, 4) is 5.75 Å². The summed E-state index contributed by atoms with van der Waals surface area (Å²) in [4.78, 5) is 25.8. The van der Waals surface area contributed by atoms with E-state index in [1.54, 1.807) is 24.3 Å². The third kappa shape index (κ3) is 5.57. The van der Waals surface area contributed by atoms with Crippen LogP contribution in [0, 0.1) is 5.82 Å². The molecule has 0 fully saturated rings. The summed E-state index contributed by atoms with van der Waals surface area (Å²) in [7, 11) is 0. The zero-order valence-electron chi connectivity index (χ0n) is 18.8. The Morgan fingerprint density at radius 1 is 1.12 bits per heavy atom. The van der Waals surface area contributed by atoms with E-state index in [0.717, 1.165) is 17.5 Å². The number of aryl methyl sites for hydroxylation is 1. The van der Waals surface area contributed by atoms with Crippen molar-refractivity contribution in [2.45, 2.75) is 38.3 Å². The van der Waals surface area contributed by atoms with E-state index in [-0.39, 0.29) is 6.54 Å². The summed E-state index contributed by atoms with van der Waals surface area (Å²) in [6.45, 7) is 1.55. The third-order valence-electron chi connectivity index (χ3n) is 5.99. The minimum absolute atomic E-state index is 0.00756. The molecule has 0 bridgehead atoms. The summed E-state index contributed by atoms with van der Waals surface area (Å²) in [5, 5.41) is 10.0. The number of carbonyl (C=O) groups excluding carboxylic acids is 1. The smallest absolute Gasteiger partial charge is 0.323 e. The van der Waals surface area contributed by atoms with Crippen molar-refractivity contribution in [2.75, 3.05) is 6.54 Å². The van der Waals surface area contributed by atoms with E-state index in [0.29, 0.717) is 34.7 Å². The van der Waals surface area contributed by atoms with Gasteiger partial charge >= 0.3 is 5.97 Å². The molecule has 0 spiro atoms. The van der Waals surface area contributed by atoms with E-state index in [4.69, 9.17) is 16.3 Å². The zero-order chi connectivity index (χ0) is 24.3. The molecule has 176 valence electrons. The van der Waals surface area contributed by atoms with Gasteiger partial charge in [0, 0.05) is 23.6 Å². The molecule has 1 amide bonds. The number of amides is 1. The van der Waals surface area contributed by atoms with Gasteiger partial charge in [0.15, 0.2) is 0 Å². The monoisotopic (exact) mass is 481 g/mol. The first kappa shape index (κ1) is 23.8. The topological polar surface area (TPSA) is 66.8 Å². The van der Waals surface area contributed by atoms with Gasteiger partial charge in [0.1, 0.15) is 23.7 Å². The highest BCUT2D eigenvalue weighted by Gasteiger charge is 2.33. The molecule has 3 aromatic carbocycles.